The molecule has 6 heteroatoms. The van der Waals surface area contributed by atoms with E-state index in [4.69, 9.17) is 21.1 Å². The number of aromatic carboxylic acids is 1. The molecule has 19 heavy (non-hydrogen) atoms. The van der Waals surface area contributed by atoms with Crippen molar-refractivity contribution in [1.29, 1.82) is 0 Å². The van der Waals surface area contributed by atoms with Crippen LogP contribution >= 0.6 is 11.6 Å². The summed E-state index contributed by atoms with van der Waals surface area (Å²) in [5, 5.41) is 9.12. The van der Waals surface area contributed by atoms with Gasteiger partial charge in [-0.15, -0.1) is 0 Å². The van der Waals surface area contributed by atoms with Gasteiger partial charge in [-0.2, -0.15) is 0 Å². The molecule has 1 heterocycles. The maximum atomic E-state index is 12.0. The molecule has 0 aliphatic rings. The van der Waals surface area contributed by atoms with Gasteiger partial charge < -0.3 is 9.52 Å². The fourth-order valence-corrected chi connectivity index (χ4v) is 1.57. The lowest BCUT2D eigenvalue weighted by atomic mass is 10.1. The minimum atomic E-state index is -1.37. The zero-order chi connectivity index (χ0) is 14.0. The number of carbonyl (C=O) groups is 2. The van der Waals surface area contributed by atoms with E-state index in [0.29, 0.717) is 5.02 Å². The predicted molar refractivity (Wildman–Crippen MR) is 66.8 cm³/mol. The molecule has 0 saturated heterocycles. The third-order valence-corrected chi connectivity index (χ3v) is 2.65. The van der Waals surface area contributed by atoms with Crippen LogP contribution in [-0.4, -0.2) is 16.9 Å². The van der Waals surface area contributed by atoms with Crippen molar-refractivity contribution in [3.8, 4) is 0 Å². The first-order valence-corrected chi connectivity index (χ1v) is 5.53. The quantitative estimate of drug-likeness (QED) is 0.870. The summed E-state index contributed by atoms with van der Waals surface area (Å²) in [7, 11) is 0. The fourth-order valence-electron chi connectivity index (χ4n) is 1.45. The molecule has 2 rings (SSSR count). The van der Waals surface area contributed by atoms with Crippen LogP contribution in [0.2, 0.25) is 5.02 Å². The van der Waals surface area contributed by atoms with E-state index < -0.39 is 22.9 Å². The molecule has 0 radical (unpaired) electrons. The third kappa shape index (κ3) is 2.71. The van der Waals surface area contributed by atoms with Crippen LogP contribution in [0.3, 0.4) is 0 Å². The number of ketones is 1. The summed E-state index contributed by atoms with van der Waals surface area (Å²) in [4.78, 5) is 34.3. The van der Waals surface area contributed by atoms with Crippen LogP contribution in [0.5, 0.6) is 0 Å². The molecular weight excluding hydrogens is 272 g/mol. The van der Waals surface area contributed by atoms with E-state index in [1.165, 1.54) is 24.3 Å². The van der Waals surface area contributed by atoms with Crippen LogP contribution in [0, 0.1) is 0 Å². The standard InChI is InChI=1S/C13H7ClO5/c14-8-3-1-7(2-4-8)12(16)9-6-19-11(13(17)18)5-10(9)15/h1-6H,(H,17,18). The number of carbonyl (C=O) groups excluding carboxylic acids is 1. The van der Waals surface area contributed by atoms with E-state index in [9.17, 15) is 14.4 Å². The minimum absolute atomic E-state index is 0.229. The van der Waals surface area contributed by atoms with E-state index in [1.807, 2.05) is 0 Å². The summed E-state index contributed by atoms with van der Waals surface area (Å²) in [6.45, 7) is 0. The average molecular weight is 279 g/mol. The largest absolute Gasteiger partial charge is 0.475 e. The minimum Gasteiger partial charge on any atom is -0.475 e. The molecule has 2 aromatic rings. The van der Waals surface area contributed by atoms with Crippen molar-refractivity contribution in [3.05, 3.63) is 68.7 Å². The van der Waals surface area contributed by atoms with E-state index >= 15 is 0 Å². The van der Waals surface area contributed by atoms with Gasteiger partial charge in [0.15, 0.2) is 11.2 Å². The number of halogens is 1. The predicted octanol–water partition coefficient (Wildman–Crippen LogP) is 2.22. The summed E-state index contributed by atoms with van der Waals surface area (Å²) < 4.78 is 4.72. The molecule has 0 amide bonds. The van der Waals surface area contributed by atoms with Gasteiger partial charge in [0.2, 0.25) is 5.76 Å². The average Bonchev–Trinajstić information content (AvgIpc) is 2.38. The van der Waals surface area contributed by atoms with Gasteiger partial charge in [0.25, 0.3) is 0 Å². The van der Waals surface area contributed by atoms with Gasteiger partial charge in [-0.05, 0) is 24.3 Å². The van der Waals surface area contributed by atoms with E-state index in [-0.39, 0.29) is 11.1 Å². The number of hydrogen-bond donors (Lipinski definition) is 1. The Morgan fingerprint density at radius 2 is 1.79 bits per heavy atom. The molecule has 0 aliphatic carbocycles. The summed E-state index contributed by atoms with van der Waals surface area (Å²) in [5.74, 6) is -2.44. The molecule has 0 aliphatic heterocycles. The first kappa shape index (κ1) is 13.0. The Labute approximate surface area is 112 Å². The molecule has 96 valence electrons. The monoisotopic (exact) mass is 278 g/mol. The summed E-state index contributed by atoms with van der Waals surface area (Å²) in [5.41, 5.74) is -0.671. The van der Waals surface area contributed by atoms with Crippen molar-refractivity contribution in [3.63, 3.8) is 0 Å². The molecule has 1 N–H and O–H groups in total. The molecule has 1 aromatic heterocycles. The molecule has 0 unspecified atom stereocenters. The van der Waals surface area contributed by atoms with Crippen molar-refractivity contribution in [2.75, 3.05) is 0 Å². The number of carboxylic acid groups (broad SMARTS) is 1. The number of hydrogen-bond acceptors (Lipinski definition) is 4. The highest BCUT2D eigenvalue weighted by Crippen LogP contribution is 2.12. The normalized spacial score (nSPS) is 10.2. The lowest BCUT2D eigenvalue weighted by Gasteiger charge is -2.00. The van der Waals surface area contributed by atoms with Crippen molar-refractivity contribution in [2.24, 2.45) is 0 Å². The van der Waals surface area contributed by atoms with Crippen LogP contribution in [0.1, 0.15) is 26.5 Å². The third-order valence-electron chi connectivity index (χ3n) is 2.39. The van der Waals surface area contributed by atoms with Crippen LogP contribution in [0.25, 0.3) is 0 Å². The van der Waals surface area contributed by atoms with Gasteiger partial charge in [-0.25, -0.2) is 4.79 Å². The van der Waals surface area contributed by atoms with E-state index in [0.717, 1.165) is 12.3 Å². The summed E-state index contributed by atoms with van der Waals surface area (Å²) in [6.07, 6.45) is 0.850. The Hall–Kier alpha value is -2.40. The first-order chi connectivity index (χ1) is 8.99. The molecule has 0 saturated carbocycles. The lowest BCUT2D eigenvalue weighted by Crippen LogP contribution is -2.16. The highest BCUT2D eigenvalue weighted by molar-refractivity contribution is 6.30. The number of rotatable bonds is 3. The second-order valence-corrected chi connectivity index (χ2v) is 4.10. The molecule has 0 fully saturated rings. The van der Waals surface area contributed by atoms with Crippen molar-refractivity contribution < 1.29 is 19.1 Å². The Kier molecular flexibility index (Phi) is 3.48. The molecule has 0 bridgehead atoms. The van der Waals surface area contributed by atoms with Gasteiger partial charge in [0, 0.05) is 16.7 Å². The summed E-state index contributed by atoms with van der Waals surface area (Å²) in [6, 6.07) is 6.74. The van der Waals surface area contributed by atoms with Crippen LogP contribution in [-0.2, 0) is 0 Å². The second kappa shape index (κ2) is 5.07. The van der Waals surface area contributed by atoms with Crippen LogP contribution < -0.4 is 5.43 Å². The van der Waals surface area contributed by atoms with Gasteiger partial charge in [-0.3, -0.25) is 9.59 Å². The summed E-state index contributed by atoms with van der Waals surface area (Å²) >= 11 is 5.69. The Balaban J connectivity index is 2.42. The maximum Gasteiger partial charge on any atom is 0.371 e. The van der Waals surface area contributed by atoms with Gasteiger partial charge in [0.05, 0.1) is 0 Å². The van der Waals surface area contributed by atoms with Crippen molar-refractivity contribution in [1.82, 2.24) is 0 Å². The zero-order valence-electron chi connectivity index (χ0n) is 9.42. The fraction of sp³-hybridized carbons (Fsp3) is 0. The molecule has 1 aromatic carbocycles. The second-order valence-electron chi connectivity index (χ2n) is 3.66. The SMILES string of the molecule is O=C(O)c1cc(=O)c(C(=O)c2ccc(Cl)cc2)co1. The Bertz CT molecular complexity index is 700. The molecular formula is C13H7ClO5. The first-order valence-electron chi connectivity index (χ1n) is 5.15. The van der Waals surface area contributed by atoms with Crippen molar-refractivity contribution >= 4 is 23.4 Å². The van der Waals surface area contributed by atoms with Crippen LogP contribution in [0.4, 0.5) is 0 Å². The molecule has 5 nitrogen and oxygen atoms in total. The molecule has 0 spiro atoms. The smallest absolute Gasteiger partial charge is 0.371 e. The number of carboxylic acids is 1. The van der Waals surface area contributed by atoms with Gasteiger partial charge in [-0.1, -0.05) is 11.6 Å². The van der Waals surface area contributed by atoms with Gasteiger partial charge >= 0.3 is 5.97 Å². The Morgan fingerprint density at radius 1 is 1.16 bits per heavy atom. The highest BCUT2D eigenvalue weighted by Gasteiger charge is 2.16. The number of benzene rings is 1. The van der Waals surface area contributed by atoms with E-state index in [1.54, 1.807) is 0 Å². The maximum absolute atomic E-state index is 12.0. The van der Waals surface area contributed by atoms with Crippen LogP contribution in [0.15, 0.2) is 45.8 Å². The Morgan fingerprint density at radius 3 is 2.32 bits per heavy atom. The van der Waals surface area contributed by atoms with E-state index in [2.05, 4.69) is 0 Å². The topological polar surface area (TPSA) is 84.6 Å². The van der Waals surface area contributed by atoms with Gasteiger partial charge in [0.1, 0.15) is 11.8 Å². The zero-order valence-corrected chi connectivity index (χ0v) is 10.2. The lowest BCUT2D eigenvalue weighted by molar-refractivity contribution is 0.0658. The van der Waals surface area contributed by atoms with Crippen molar-refractivity contribution in [2.45, 2.75) is 0 Å². The molecule has 0 atom stereocenters. The highest BCUT2D eigenvalue weighted by atomic mass is 35.5.